The number of aryl methyl sites for hydroxylation is 1. The number of sulfone groups is 1. The molecule has 5 heteroatoms. The van der Waals surface area contributed by atoms with Gasteiger partial charge in [-0.1, -0.05) is 24.6 Å². The third-order valence-corrected chi connectivity index (χ3v) is 5.33. The first-order chi connectivity index (χ1) is 9.23. The van der Waals surface area contributed by atoms with Gasteiger partial charge in [-0.3, -0.25) is 5.32 Å². The number of hydrogen-bond acceptors (Lipinski definition) is 4. The second-order valence-corrected chi connectivity index (χ2v) is 8.31. The summed E-state index contributed by atoms with van der Waals surface area (Å²) >= 11 is 0. The molecule has 1 aliphatic rings. The summed E-state index contributed by atoms with van der Waals surface area (Å²) in [5.41, 5.74) is 1.90. The van der Waals surface area contributed by atoms with Crippen LogP contribution in [0.2, 0.25) is 0 Å². The summed E-state index contributed by atoms with van der Waals surface area (Å²) in [6.07, 6.45) is 0.781. The van der Waals surface area contributed by atoms with E-state index in [-0.39, 0.29) is 17.7 Å². The van der Waals surface area contributed by atoms with E-state index in [2.05, 4.69) is 11.4 Å². The zero-order valence-electron chi connectivity index (χ0n) is 12.6. The highest BCUT2D eigenvalue weighted by Crippen LogP contribution is 2.33. The molecule has 2 rings (SSSR count). The molecule has 112 valence electrons. The largest absolute Gasteiger partial charge is 0.486 e. The maximum atomic E-state index is 11.6. The van der Waals surface area contributed by atoms with Gasteiger partial charge < -0.3 is 4.74 Å². The molecule has 1 aliphatic heterocycles. The molecule has 1 heterocycles. The number of hydrogen-bond donors (Lipinski definition) is 1. The van der Waals surface area contributed by atoms with E-state index in [1.165, 1.54) is 5.56 Å². The van der Waals surface area contributed by atoms with Gasteiger partial charge in [0.05, 0.1) is 11.9 Å². The first-order valence-electron chi connectivity index (χ1n) is 6.96. The third-order valence-electron chi connectivity index (χ3n) is 3.84. The first-order valence-corrected chi connectivity index (χ1v) is 8.78. The molecule has 1 unspecified atom stereocenters. The Balaban J connectivity index is 2.18. The lowest BCUT2D eigenvalue weighted by atomic mass is 9.88. The third kappa shape index (κ3) is 3.33. The number of benzene rings is 1. The van der Waals surface area contributed by atoms with Crippen molar-refractivity contribution in [2.24, 2.45) is 0 Å². The second-order valence-electron chi connectivity index (χ2n) is 5.95. The van der Waals surface area contributed by atoms with Gasteiger partial charge in [0.1, 0.15) is 11.4 Å². The van der Waals surface area contributed by atoms with Crippen LogP contribution in [-0.2, 0) is 16.3 Å². The Hall–Kier alpha value is -1.07. The fraction of sp³-hybridized carbons (Fsp3) is 0.600. The van der Waals surface area contributed by atoms with Crippen molar-refractivity contribution >= 4 is 9.84 Å². The number of rotatable bonds is 4. The molecular formula is C15H23NO3S. The number of nitrogens with one attached hydrogen (secondary N) is 1. The minimum atomic E-state index is -3.02. The fourth-order valence-corrected chi connectivity index (χ4v) is 3.09. The summed E-state index contributed by atoms with van der Waals surface area (Å²) in [6, 6.07) is 6.11. The van der Waals surface area contributed by atoms with Crippen molar-refractivity contribution in [1.29, 1.82) is 0 Å². The smallest absolute Gasteiger partial charge is 0.162 e. The molecule has 0 saturated carbocycles. The summed E-state index contributed by atoms with van der Waals surface area (Å²) in [4.78, 5) is 0. The number of fused-ring (bicyclic) bond motifs is 1. The Bertz CT molecular complexity index is 593. The minimum Gasteiger partial charge on any atom is -0.486 e. The monoisotopic (exact) mass is 297 g/mol. The van der Waals surface area contributed by atoms with E-state index in [0.29, 0.717) is 0 Å². The summed E-state index contributed by atoms with van der Waals surface area (Å²) in [5.74, 6) is 1.06. The van der Waals surface area contributed by atoms with E-state index in [1.807, 2.05) is 32.9 Å². The summed E-state index contributed by atoms with van der Waals surface area (Å²) in [6.45, 7) is 7.69. The maximum Gasteiger partial charge on any atom is 0.162 e. The van der Waals surface area contributed by atoms with Crippen LogP contribution in [0.1, 0.15) is 31.9 Å². The van der Waals surface area contributed by atoms with Crippen molar-refractivity contribution < 1.29 is 13.2 Å². The highest BCUT2D eigenvalue weighted by molar-refractivity contribution is 7.91. The molecule has 1 atom stereocenters. The van der Waals surface area contributed by atoms with Crippen LogP contribution >= 0.6 is 0 Å². The molecule has 1 aromatic rings. The second kappa shape index (κ2) is 5.37. The molecule has 0 aromatic heterocycles. The molecule has 1 N–H and O–H groups in total. The summed E-state index contributed by atoms with van der Waals surface area (Å²) in [5, 5.41) is 3.15. The lowest BCUT2D eigenvalue weighted by Crippen LogP contribution is -2.55. The summed E-state index contributed by atoms with van der Waals surface area (Å²) in [7, 11) is -3.02. The molecule has 20 heavy (non-hydrogen) atoms. The SMILES string of the molecule is CCS(=O)(=O)CNC1Cc2cc(C)ccc2OC1(C)C. The first kappa shape index (κ1) is 15.3. The number of ether oxygens (including phenoxy) is 1. The van der Waals surface area contributed by atoms with Crippen LogP contribution in [0.15, 0.2) is 18.2 Å². The van der Waals surface area contributed by atoms with Gasteiger partial charge in [-0.25, -0.2) is 8.42 Å². The van der Waals surface area contributed by atoms with Crippen LogP contribution < -0.4 is 10.1 Å². The van der Waals surface area contributed by atoms with Gasteiger partial charge >= 0.3 is 0 Å². The van der Waals surface area contributed by atoms with Crippen LogP contribution in [-0.4, -0.2) is 31.7 Å². The Morgan fingerprint density at radius 1 is 1.40 bits per heavy atom. The maximum absolute atomic E-state index is 11.6. The van der Waals surface area contributed by atoms with Gasteiger partial charge in [0.15, 0.2) is 9.84 Å². The van der Waals surface area contributed by atoms with Crippen molar-refractivity contribution in [3.8, 4) is 5.75 Å². The predicted molar refractivity (Wildman–Crippen MR) is 80.8 cm³/mol. The van der Waals surface area contributed by atoms with Gasteiger partial charge in [-0.15, -0.1) is 0 Å². The fourth-order valence-electron chi connectivity index (χ4n) is 2.44. The average molecular weight is 297 g/mol. The van der Waals surface area contributed by atoms with Gasteiger partial charge in [0.2, 0.25) is 0 Å². The molecule has 0 saturated heterocycles. The van der Waals surface area contributed by atoms with Crippen LogP contribution in [0.3, 0.4) is 0 Å². The zero-order chi connectivity index (χ0) is 15.0. The molecule has 0 aliphatic carbocycles. The molecule has 0 bridgehead atoms. The van der Waals surface area contributed by atoms with Crippen molar-refractivity contribution in [2.45, 2.75) is 45.8 Å². The van der Waals surface area contributed by atoms with E-state index in [0.717, 1.165) is 17.7 Å². The Morgan fingerprint density at radius 2 is 2.10 bits per heavy atom. The highest BCUT2D eigenvalue weighted by atomic mass is 32.2. The van der Waals surface area contributed by atoms with Crippen LogP contribution in [0.25, 0.3) is 0 Å². The van der Waals surface area contributed by atoms with Crippen molar-refractivity contribution in [3.05, 3.63) is 29.3 Å². The Morgan fingerprint density at radius 3 is 2.75 bits per heavy atom. The van der Waals surface area contributed by atoms with Gasteiger partial charge in [-0.2, -0.15) is 0 Å². The van der Waals surface area contributed by atoms with E-state index in [9.17, 15) is 8.42 Å². The zero-order valence-corrected chi connectivity index (χ0v) is 13.4. The van der Waals surface area contributed by atoms with E-state index < -0.39 is 15.4 Å². The molecule has 1 aromatic carbocycles. The molecule has 0 fully saturated rings. The molecule has 0 amide bonds. The van der Waals surface area contributed by atoms with Crippen molar-refractivity contribution in [2.75, 3.05) is 11.6 Å². The highest BCUT2D eigenvalue weighted by Gasteiger charge is 2.37. The lowest BCUT2D eigenvalue weighted by molar-refractivity contribution is 0.0507. The predicted octanol–water partition coefficient (Wildman–Crippen LogP) is 2.06. The van der Waals surface area contributed by atoms with Crippen molar-refractivity contribution in [3.63, 3.8) is 0 Å². The standard InChI is InChI=1S/C15H23NO3S/c1-5-20(17,18)10-16-14-9-12-8-11(2)6-7-13(12)19-15(14,3)4/h6-8,14,16H,5,9-10H2,1-4H3. The molecule has 0 spiro atoms. The van der Waals surface area contributed by atoms with Crippen molar-refractivity contribution in [1.82, 2.24) is 5.32 Å². The summed E-state index contributed by atoms with van der Waals surface area (Å²) < 4.78 is 29.3. The van der Waals surface area contributed by atoms with E-state index in [1.54, 1.807) is 6.92 Å². The van der Waals surface area contributed by atoms with Crippen LogP contribution in [0.4, 0.5) is 0 Å². The molecule has 4 nitrogen and oxygen atoms in total. The average Bonchev–Trinajstić information content (AvgIpc) is 2.36. The minimum absolute atomic E-state index is 0.00209. The topological polar surface area (TPSA) is 55.4 Å². The Labute approximate surface area is 121 Å². The van der Waals surface area contributed by atoms with Gasteiger partial charge in [-0.05, 0) is 38.8 Å². The van der Waals surface area contributed by atoms with Crippen LogP contribution in [0, 0.1) is 6.92 Å². The van der Waals surface area contributed by atoms with Gasteiger partial charge in [0, 0.05) is 5.75 Å². The van der Waals surface area contributed by atoms with Crippen LogP contribution in [0.5, 0.6) is 5.75 Å². The Kier molecular flexibility index (Phi) is 4.12. The van der Waals surface area contributed by atoms with Gasteiger partial charge in [0.25, 0.3) is 0 Å². The normalized spacial score (nSPS) is 21.1. The molecular weight excluding hydrogens is 274 g/mol. The quantitative estimate of drug-likeness (QED) is 0.924. The van der Waals surface area contributed by atoms with E-state index in [4.69, 9.17) is 4.74 Å². The lowest BCUT2D eigenvalue weighted by Gasteiger charge is -2.40. The van der Waals surface area contributed by atoms with E-state index >= 15 is 0 Å². The molecule has 0 radical (unpaired) electrons.